The first-order valence-electron chi connectivity index (χ1n) is 10.6. The maximum atomic E-state index is 14.1. The maximum Gasteiger partial charge on any atom is 0.387 e. The number of alkyl halides is 2. The highest BCUT2D eigenvalue weighted by molar-refractivity contribution is 5.80. The van der Waals surface area contributed by atoms with Crippen LogP contribution in [0.1, 0.15) is 51.0 Å². The number of nitrogens with one attached hydrogen (secondary N) is 2. The standard InChI is InChI=1S/C21H31F3N4O/c1-2-25-21(26-14-17-18(22)8-5-9-19(17)29-20(23)24)27-15-10-12-28(13-11-15)16-6-3-4-7-16/h5,8-9,15-16,20H,2-4,6-7,10-14H2,1H3,(H2,25,26,27). The average molecular weight is 413 g/mol. The number of hydrogen-bond donors (Lipinski definition) is 2. The van der Waals surface area contributed by atoms with Crippen molar-refractivity contribution < 1.29 is 17.9 Å². The maximum absolute atomic E-state index is 14.1. The minimum atomic E-state index is -3.00. The van der Waals surface area contributed by atoms with Crippen molar-refractivity contribution in [3.8, 4) is 5.75 Å². The number of guanidine groups is 1. The van der Waals surface area contributed by atoms with Crippen LogP contribution >= 0.6 is 0 Å². The summed E-state index contributed by atoms with van der Waals surface area (Å²) in [6.07, 6.45) is 7.36. The second kappa shape index (κ2) is 10.7. The molecule has 0 amide bonds. The second-order valence-corrected chi connectivity index (χ2v) is 7.68. The zero-order valence-electron chi connectivity index (χ0n) is 17.0. The van der Waals surface area contributed by atoms with Crippen molar-refractivity contribution in [3.63, 3.8) is 0 Å². The smallest absolute Gasteiger partial charge is 0.387 e. The van der Waals surface area contributed by atoms with E-state index in [1.54, 1.807) is 0 Å². The van der Waals surface area contributed by atoms with Gasteiger partial charge in [0.15, 0.2) is 5.96 Å². The van der Waals surface area contributed by atoms with Gasteiger partial charge in [0.1, 0.15) is 11.6 Å². The molecule has 0 bridgehead atoms. The van der Waals surface area contributed by atoms with E-state index in [1.807, 2.05) is 6.92 Å². The lowest BCUT2D eigenvalue weighted by Crippen LogP contribution is -2.50. The van der Waals surface area contributed by atoms with E-state index in [9.17, 15) is 13.2 Å². The molecule has 2 N–H and O–H groups in total. The van der Waals surface area contributed by atoms with Crippen LogP contribution in [0.15, 0.2) is 23.2 Å². The zero-order chi connectivity index (χ0) is 20.6. The molecule has 1 aliphatic carbocycles. The minimum absolute atomic E-state index is 0.0288. The lowest BCUT2D eigenvalue weighted by Gasteiger charge is -2.36. The highest BCUT2D eigenvalue weighted by atomic mass is 19.3. The van der Waals surface area contributed by atoms with Gasteiger partial charge in [0.2, 0.25) is 0 Å². The Balaban J connectivity index is 1.59. The van der Waals surface area contributed by atoms with Crippen LogP contribution < -0.4 is 15.4 Å². The molecule has 1 aromatic rings. The Morgan fingerprint density at radius 1 is 1.21 bits per heavy atom. The normalized spacial score (nSPS) is 19.7. The van der Waals surface area contributed by atoms with E-state index < -0.39 is 12.4 Å². The van der Waals surface area contributed by atoms with Gasteiger partial charge in [-0.25, -0.2) is 9.38 Å². The molecule has 0 radical (unpaired) electrons. The fraction of sp³-hybridized carbons (Fsp3) is 0.667. The Labute approximate surface area is 170 Å². The molecule has 1 aromatic carbocycles. The third-order valence-electron chi connectivity index (χ3n) is 5.74. The first kappa shape index (κ1) is 21.7. The van der Waals surface area contributed by atoms with Crippen LogP contribution in [0.5, 0.6) is 5.75 Å². The van der Waals surface area contributed by atoms with E-state index in [0.29, 0.717) is 18.5 Å². The van der Waals surface area contributed by atoms with Gasteiger partial charge < -0.3 is 20.3 Å². The molecule has 1 saturated carbocycles. The monoisotopic (exact) mass is 412 g/mol. The van der Waals surface area contributed by atoms with Crippen molar-refractivity contribution in [3.05, 3.63) is 29.6 Å². The summed E-state index contributed by atoms with van der Waals surface area (Å²) < 4.78 is 43.8. The van der Waals surface area contributed by atoms with Gasteiger partial charge in [-0.2, -0.15) is 8.78 Å². The molecule has 1 aliphatic heterocycles. The summed E-state index contributed by atoms with van der Waals surface area (Å²) in [5, 5.41) is 6.58. The van der Waals surface area contributed by atoms with Gasteiger partial charge >= 0.3 is 6.61 Å². The molecule has 5 nitrogen and oxygen atoms in total. The van der Waals surface area contributed by atoms with Gasteiger partial charge in [0.25, 0.3) is 0 Å². The summed E-state index contributed by atoms with van der Waals surface area (Å²) in [6, 6.07) is 4.94. The molecule has 1 saturated heterocycles. The van der Waals surface area contributed by atoms with E-state index in [2.05, 4.69) is 25.3 Å². The molecule has 0 atom stereocenters. The Kier molecular flexibility index (Phi) is 8.03. The van der Waals surface area contributed by atoms with E-state index in [1.165, 1.54) is 43.9 Å². The molecule has 0 spiro atoms. The number of rotatable bonds is 7. The molecule has 2 fully saturated rings. The van der Waals surface area contributed by atoms with E-state index in [0.717, 1.165) is 32.0 Å². The van der Waals surface area contributed by atoms with E-state index in [4.69, 9.17) is 0 Å². The van der Waals surface area contributed by atoms with Crippen molar-refractivity contribution in [1.82, 2.24) is 15.5 Å². The Bertz CT molecular complexity index is 672. The topological polar surface area (TPSA) is 48.9 Å². The predicted molar refractivity (Wildman–Crippen MR) is 108 cm³/mol. The van der Waals surface area contributed by atoms with Crippen molar-refractivity contribution in [2.45, 2.75) is 70.7 Å². The highest BCUT2D eigenvalue weighted by Crippen LogP contribution is 2.26. The molecule has 29 heavy (non-hydrogen) atoms. The number of halogens is 3. The van der Waals surface area contributed by atoms with Crippen LogP contribution in [0, 0.1) is 5.82 Å². The summed E-state index contributed by atoms with van der Waals surface area (Å²) in [7, 11) is 0. The zero-order valence-corrected chi connectivity index (χ0v) is 17.0. The Hall–Kier alpha value is -1.96. The van der Waals surface area contributed by atoms with Crippen LogP contribution in [-0.2, 0) is 6.54 Å². The van der Waals surface area contributed by atoms with Crippen molar-refractivity contribution in [2.75, 3.05) is 19.6 Å². The number of nitrogens with zero attached hydrogens (tertiary/aromatic N) is 2. The van der Waals surface area contributed by atoms with Crippen molar-refractivity contribution in [2.24, 2.45) is 4.99 Å². The molecule has 1 heterocycles. The summed E-state index contributed by atoms with van der Waals surface area (Å²) in [5.41, 5.74) is 0.0288. The van der Waals surface area contributed by atoms with Crippen molar-refractivity contribution >= 4 is 5.96 Å². The highest BCUT2D eigenvalue weighted by Gasteiger charge is 2.27. The summed E-state index contributed by atoms with van der Waals surface area (Å²) in [6.45, 7) is 1.67. The predicted octanol–water partition coefficient (Wildman–Crippen LogP) is 3.89. The number of piperidine rings is 1. The number of benzene rings is 1. The van der Waals surface area contributed by atoms with Crippen LogP contribution in [0.4, 0.5) is 13.2 Å². The second-order valence-electron chi connectivity index (χ2n) is 7.68. The van der Waals surface area contributed by atoms with Gasteiger partial charge in [-0.15, -0.1) is 0 Å². The molecule has 2 aliphatic rings. The van der Waals surface area contributed by atoms with Gasteiger partial charge in [-0.1, -0.05) is 18.9 Å². The SMILES string of the molecule is CCNC(=NCc1c(F)cccc1OC(F)F)NC1CCN(C2CCCC2)CC1. The van der Waals surface area contributed by atoms with Crippen LogP contribution in [-0.4, -0.2) is 49.2 Å². The van der Waals surface area contributed by atoms with Gasteiger partial charge in [0, 0.05) is 31.7 Å². The minimum Gasteiger partial charge on any atom is -0.434 e. The quantitative estimate of drug-likeness (QED) is 0.527. The largest absolute Gasteiger partial charge is 0.434 e. The average Bonchev–Trinajstić information content (AvgIpc) is 3.22. The summed E-state index contributed by atoms with van der Waals surface area (Å²) in [5.74, 6) is -0.213. The van der Waals surface area contributed by atoms with Gasteiger partial charge in [-0.3, -0.25) is 0 Å². The summed E-state index contributed by atoms with van der Waals surface area (Å²) in [4.78, 5) is 7.02. The first-order valence-corrected chi connectivity index (χ1v) is 10.6. The van der Waals surface area contributed by atoms with Crippen LogP contribution in [0.25, 0.3) is 0 Å². The number of aliphatic imine (C=N–C) groups is 1. The van der Waals surface area contributed by atoms with Gasteiger partial charge in [-0.05, 0) is 44.7 Å². The van der Waals surface area contributed by atoms with E-state index in [-0.39, 0.29) is 17.9 Å². The fourth-order valence-electron chi connectivity index (χ4n) is 4.25. The number of ether oxygens (including phenoxy) is 1. The molecule has 8 heteroatoms. The van der Waals surface area contributed by atoms with Crippen LogP contribution in [0.2, 0.25) is 0 Å². The lowest BCUT2D eigenvalue weighted by atomic mass is 10.0. The third-order valence-corrected chi connectivity index (χ3v) is 5.74. The number of hydrogen-bond acceptors (Lipinski definition) is 3. The fourth-order valence-corrected chi connectivity index (χ4v) is 4.25. The van der Waals surface area contributed by atoms with Gasteiger partial charge in [0.05, 0.1) is 12.1 Å². The number of likely N-dealkylation sites (tertiary alicyclic amines) is 1. The molecule has 0 unspecified atom stereocenters. The molecule has 0 aromatic heterocycles. The molecule has 3 rings (SSSR count). The Morgan fingerprint density at radius 2 is 1.93 bits per heavy atom. The van der Waals surface area contributed by atoms with E-state index >= 15 is 0 Å². The molecule has 162 valence electrons. The first-order chi connectivity index (χ1) is 14.1. The van der Waals surface area contributed by atoms with Crippen molar-refractivity contribution in [1.29, 1.82) is 0 Å². The molecular weight excluding hydrogens is 381 g/mol. The summed E-state index contributed by atoms with van der Waals surface area (Å²) >= 11 is 0. The van der Waals surface area contributed by atoms with Crippen LogP contribution in [0.3, 0.4) is 0 Å². The lowest BCUT2D eigenvalue weighted by molar-refractivity contribution is -0.0506. The third kappa shape index (κ3) is 6.26. The Morgan fingerprint density at radius 3 is 2.59 bits per heavy atom. The molecular formula is C21H31F3N4O.